The van der Waals surface area contributed by atoms with Crippen LogP contribution in [0.5, 0.6) is 0 Å². The van der Waals surface area contributed by atoms with Gasteiger partial charge in [0.05, 0.1) is 13.1 Å². The van der Waals surface area contributed by atoms with Crippen LogP contribution >= 0.6 is 0 Å². The van der Waals surface area contributed by atoms with Crippen LogP contribution in [-0.4, -0.2) is 61.9 Å². The van der Waals surface area contributed by atoms with E-state index in [0.29, 0.717) is 32.1 Å². The van der Waals surface area contributed by atoms with Crippen LogP contribution in [0.1, 0.15) is 18.9 Å². The molecule has 3 amide bonds. The largest absolute Gasteiger partial charge is 0.445 e. The molecule has 2 aliphatic heterocycles. The van der Waals surface area contributed by atoms with Crippen molar-refractivity contribution in [1.82, 2.24) is 10.2 Å². The van der Waals surface area contributed by atoms with Crippen LogP contribution in [0.15, 0.2) is 36.9 Å². The van der Waals surface area contributed by atoms with Gasteiger partial charge in [-0.1, -0.05) is 24.8 Å². The molecular formula is C21H25N3O5. The van der Waals surface area contributed by atoms with Gasteiger partial charge in [0, 0.05) is 31.1 Å². The number of nitrogens with one attached hydrogen (secondary N) is 1. The molecule has 4 rings (SSSR count). The molecule has 2 heterocycles. The standard InChI is InChI=1S/C21H25N3O5/c1-3-8-28-19(26)23-11-16-9-21(16,13-23)15-4-6-17(7-5-15)24-12-18(29-20(24)27)10-22-14(2)25/h3-7,16,18H,1,8-13H2,2H3,(H,22,25). The zero-order valence-corrected chi connectivity index (χ0v) is 16.4. The average Bonchev–Trinajstić information content (AvgIpc) is 3.07. The highest BCUT2D eigenvalue weighted by atomic mass is 16.6. The average molecular weight is 399 g/mol. The molecule has 0 spiro atoms. The molecule has 3 unspecified atom stereocenters. The zero-order chi connectivity index (χ0) is 20.6. The monoisotopic (exact) mass is 399 g/mol. The summed E-state index contributed by atoms with van der Waals surface area (Å²) in [5.74, 6) is 0.296. The molecular weight excluding hydrogens is 374 g/mol. The second-order valence-electron chi connectivity index (χ2n) is 7.90. The van der Waals surface area contributed by atoms with Crippen molar-refractivity contribution in [2.24, 2.45) is 5.92 Å². The van der Waals surface area contributed by atoms with E-state index in [1.54, 1.807) is 15.9 Å². The van der Waals surface area contributed by atoms with Gasteiger partial charge in [0.1, 0.15) is 12.7 Å². The van der Waals surface area contributed by atoms with Gasteiger partial charge in [-0.3, -0.25) is 9.69 Å². The first kappa shape index (κ1) is 19.3. The maximum atomic E-state index is 12.2. The number of rotatable bonds is 6. The Morgan fingerprint density at radius 3 is 2.79 bits per heavy atom. The molecule has 1 saturated carbocycles. The first-order valence-electron chi connectivity index (χ1n) is 9.78. The van der Waals surface area contributed by atoms with Crippen molar-refractivity contribution in [2.75, 3.05) is 37.7 Å². The maximum absolute atomic E-state index is 12.2. The van der Waals surface area contributed by atoms with Gasteiger partial charge in [-0.15, -0.1) is 0 Å². The Labute approximate surface area is 169 Å². The van der Waals surface area contributed by atoms with Crippen LogP contribution in [-0.2, 0) is 19.7 Å². The van der Waals surface area contributed by atoms with Crippen molar-refractivity contribution in [3.05, 3.63) is 42.5 Å². The Bertz CT molecular complexity index is 839. The lowest BCUT2D eigenvalue weighted by Crippen LogP contribution is -2.33. The summed E-state index contributed by atoms with van der Waals surface area (Å²) in [6.07, 6.45) is 1.56. The highest BCUT2D eigenvalue weighted by Gasteiger charge is 2.61. The number of hydrogen-bond donors (Lipinski definition) is 1. The molecule has 3 fully saturated rings. The molecule has 0 bridgehead atoms. The second kappa shape index (κ2) is 7.42. The van der Waals surface area contributed by atoms with Crippen molar-refractivity contribution in [1.29, 1.82) is 0 Å². The van der Waals surface area contributed by atoms with E-state index >= 15 is 0 Å². The minimum atomic E-state index is -0.410. The fourth-order valence-corrected chi connectivity index (χ4v) is 4.36. The molecule has 29 heavy (non-hydrogen) atoms. The summed E-state index contributed by atoms with van der Waals surface area (Å²) in [6, 6.07) is 7.89. The Kier molecular flexibility index (Phi) is 4.94. The fourth-order valence-electron chi connectivity index (χ4n) is 4.36. The number of cyclic esters (lactones) is 1. The third-order valence-electron chi connectivity index (χ3n) is 5.94. The lowest BCUT2D eigenvalue weighted by atomic mass is 9.95. The van der Waals surface area contributed by atoms with E-state index in [0.717, 1.165) is 12.1 Å². The van der Waals surface area contributed by atoms with Crippen molar-refractivity contribution >= 4 is 23.8 Å². The minimum Gasteiger partial charge on any atom is -0.445 e. The molecule has 1 N–H and O–H groups in total. The van der Waals surface area contributed by atoms with Crippen molar-refractivity contribution in [3.8, 4) is 0 Å². The maximum Gasteiger partial charge on any atom is 0.414 e. The topological polar surface area (TPSA) is 88.2 Å². The number of ether oxygens (including phenoxy) is 2. The van der Waals surface area contributed by atoms with E-state index in [4.69, 9.17) is 9.47 Å². The third-order valence-corrected chi connectivity index (χ3v) is 5.94. The van der Waals surface area contributed by atoms with Gasteiger partial charge in [0.15, 0.2) is 0 Å². The molecule has 3 atom stereocenters. The highest BCUT2D eigenvalue weighted by Crippen LogP contribution is 2.59. The van der Waals surface area contributed by atoms with E-state index in [1.807, 2.05) is 24.3 Å². The van der Waals surface area contributed by atoms with Crippen LogP contribution in [0.4, 0.5) is 15.3 Å². The number of carbonyl (C=O) groups is 3. The molecule has 8 nitrogen and oxygen atoms in total. The smallest absolute Gasteiger partial charge is 0.414 e. The molecule has 1 aliphatic carbocycles. The predicted octanol–water partition coefficient (Wildman–Crippen LogP) is 2.04. The number of carbonyl (C=O) groups excluding carboxylic acids is 3. The first-order valence-corrected chi connectivity index (χ1v) is 9.78. The van der Waals surface area contributed by atoms with Crippen LogP contribution in [0.3, 0.4) is 0 Å². The van der Waals surface area contributed by atoms with Crippen molar-refractivity contribution in [2.45, 2.75) is 24.9 Å². The molecule has 0 radical (unpaired) electrons. The molecule has 3 aliphatic rings. The summed E-state index contributed by atoms with van der Waals surface area (Å²) in [5.41, 5.74) is 1.93. The summed E-state index contributed by atoms with van der Waals surface area (Å²) in [5, 5.41) is 2.67. The van der Waals surface area contributed by atoms with Crippen molar-refractivity contribution in [3.63, 3.8) is 0 Å². The third kappa shape index (κ3) is 3.66. The minimum absolute atomic E-state index is 0.00874. The van der Waals surface area contributed by atoms with E-state index in [2.05, 4.69) is 11.9 Å². The molecule has 1 aromatic carbocycles. The predicted molar refractivity (Wildman–Crippen MR) is 106 cm³/mol. The molecule has 154 valence electrons. The fraction of sp³-hybridized carbons (Fsp3) is 0.476. The van der Waals surface area contributed by atoms with Gasteiger partial charge < -0.3 is 19.7 Å². The van der Waals surface area contributed by atoms with Gasteiger partial charge in [-0.2, -0.15) is 0 Å². The Hall–Kier alpha value is -3.03. The Balaban J connectivity index is 1.39. The molecule has 2 saturated heterocycles. The van der Waals surface area contributed by atoms with Gasteiger partial charge in [-0.05, 0) is 30.0 Å². The zero-order valence-electron chi connectivity index (χ0n) is 16.4. The SMILES string of the molecule is C=CCOC(=O)N1CC2CC2(c2ccc(N3CC(CNC(C)=O)OC3=O)cc2)C1. The number of likely N-dealkylation sites (tertiary alicyclic amines) is 1. The normalized spacial score (nSPS) is 27.3. The van der Waals surface area contributed by atoms with Gasteiger partial charge in [0.25, 0.3) is 0 Å². The summed E-state index contributed by atoms with van der Waals surface area (Å²) < 4.78 is 10.5. The second-order valence-corrected chi connectivity index (χ2v) is 7.90. The number of benzene rings is 1. The Morgan fingerprint density at radius 2 is 2.10 bits per heavy atom. The highest BCUT2D eigenvalue weighted by molar-refractivity contribution is 5.89. The lowest BCUT2D eigenvalue weighted by molar-refractivity contribution is -0.119. The van der Waals surface area contributed by atoms with Crippen LogP contribution in [0.25, 0.3) is 0 Å². The van der Waals surface area contributed by atoms with E-state index in [9.17, 15) is 14.4 Å². The summed E-state index contributed by atoms with van der Waals surface area (Å²) >= 11 is 0. The van der Waals surface area contributed by atoms with E-state index in [-0.39, 0.29) is 30.1 Å². The van der Waals surface area contributed by atoms with Crippen LogP contribution < -0.4 is 10.2 Å². The van der Waals surface area contributed by atoms with E-state index in [1.165, 1.54) is 12.5 Å². The number of amides is 3. The van der Waals surface area contributed by atoms with E-state index < -0.39 is 6.09 Å². The number of fused-ring (bicyclic) bond motifs is 1. The molecule has 1 aromatic rings. The number of hydrogen-bond acceptors (Lipinski definition) is 5. The molecule has 8 heteroatoms. The Morgan fingerprint density at radius 1 is 1.34 bits per heavy atom. The summed E-state index contributed by atoms with van der Waals surface area (Å²) in [4.78, 5) is 38.7. The number of nitrogens with zero attached hydrogens (tertiary/aromatic N) is 2. The van der Waals surface area contributed by atoms with Gasteiger partial charge in [-0.25, -0.2) is 9.59 Å². The van der Waals surface area contributed by atoms with Gasteiger partial charge >= 0.3 is 12.2 Å². The first-order chi connectivity index (χ1) is 13.9. The quantitative estimate of drug-likeness (QED) is 0.740. The van der Waals surface area contributed by atoms with Gasteiger partial charge in [0.2, 0.25) is 5.91 Å². The summed E-state index contributed by atoms with van der Waals surface area (Å²) in [6.45, 7) is 7.27. The molecule has 0 aromatic heterocycles. The van der Waals surface area contributed by atoms with Crippen molar-refractivity contribution < 1.29 is 23.9 Å². The summed E-state index contributed by atoms with van der Waals surface area (Å²) in [7, 11) is 0. The van der Waals surface area contributed by atoms with Crippen LogP contribution in [0, 0.1) is 5.92 Å². The number of piperidine rings is 1. The number of anilines is 1. The lowest BCUT2D eigenvalue weighted by Gasteiger charge is -2.21. The van der Waals surface area contributed by atoms with Crippen LogP contribution in [0.2, 0.25) is 0 Å².